The van der Waals surface area contributed by atoms with Crippen LogP contribution < -0.4 is 5.73 Å². The van der Waals surface area contributed by atoms with Crippen LogP contribution in [0.3, 0.4) is 0 Å². The van der Waals surface area contributed by atoms with Crippen molar-refractivity contribution in [2.75, 3.05) is 6.61 Å². The van der Waals surface area contributed by atoms with Gasteiger partial charge in [-0.1, -0.05) is 0 Å². The Morgan fingerprint density at radius 2 is 2.50 bits per heavy atom. The third kappa shape index (κ3) is 3.67. The summed E-state index contributed by atoms with van der Waals surface area (Å²) in [5.41, 5.74) is 5.33. The van der Waals surface area contributed by atoms with E-state index < -0.39 is 6.04 Å². The molecule has 2 N–H and O–H groups in total. The van der Waals surface area contributed by atoms with E-state index >= 15 is 0 Å². The zero-order valence-electron chi connectivity index (χ0n) is 5.62. The molecule has 10 heavy (non-hydrogen) atoms. The van der Waals surface area contributed by atoms with E-state index in [1.807, 2.05) is 0 Å². The predicted molar refractivity (Wildman–Crippen MR) is 41.1 cm³/mol. The molecule has 0 aromatic heterocycles. The zero-order valence-corrected chi connectivity index (χ0v) is 7.49. The van der Waals surface area contributed by atoms with Crippen molar-refractivity contribution < 1.29 is 9.53 Å². The van der Waals surface area contributed by atoms with Gasteiger partial charge < -0.3 is 0 Å². The number of hydrogen-bond donors (Lipinski definition) is 1. The number of hydrogen-bond acceptors (Lipinski definition) is 3. The van der Waals surface area contributed by atoms with Crippen LogP contribution in [-0.4, -0.2) is 34.6 Å². The van der Waals surface area contributed by atoms with Crippen LogP contribution in [0.1, 0.15) is 0 Å². The van der Waals surface area contributed by atoms with Crippen LogP contribution in [0.2, 0.25) is 5.32 Å². The van der Waals surface area contributed by atoms with Crippen LogP contribution in [0.25, 0.3) is 0 Å². The summed E-state index contributed by atoms with van der Waals surface area (Å²) in [4.78, 5) is 10.7. The molecule has 58 valence electrons. The molecule has 0 aliphatic carbocycles. The normalized spacial score (nSPS) is 12.2. The predicted octanol–water partition coefficient (Wildman–Crippen LogP) is -0.638. The van der Waals surface area contributed by atoms with Crippen LogP contribution in [0.4, 0.5) is 0 Å². The number of carbonyl (C=O) groups is 1. The number of rotatable bonds is 4. The summed E-state index contributed by atoms with van der Waals surface area (Å²) in [7, 11) is 0. The summed E-state index contributed by atoms with van der Waals surface area (Å²) in [6.07, 6.45) is 1.51. The molecule has 0 amide bonds. The van der Waals surface area contributed by atoms with Crippen molar-refractivity contribution in [2.24, 2.45) is 5.73 Å². The third-order valence-electron chi connectivity index (χ3n) is 0.843. The topological polar surface area (TPSA) is 52.3 Å². The first-order valence-corrected chi connectivity index (χ1v) is 4.19. The molecule has 4 heteroatoms. The van der Waals surface area contributed by atoms with Crippen molar-refractivity contribution in [2.45, 2.75) is 11.4 Å². The molecule has 0 heterocycles. The number of ether oxygens (including phenoxy) is 1. The van der Waals surface area contributed by atoms with E-state index in [4.69, 9.17) is 5.73 Å². The molecule has 0 radical (unpaired) electrons. The average molecular weight is 208 g/mol. The Labute approximate surface area is 68.4 Å². The Hall–Kier alpha value is -0.311. The van der Waals surface area contributed by atoms with Gasteiger partial charge in [-0.25, -0.2) is 0 Å². The molecule has 0 saturated heterocycles. The van der Waals surface area contributed by atoms with Crippen molar-refractivity contribution in [1.29, 1.82) is 0 Å². The van der Waals surface area contributed by atoms with E-state index in [0.29, 0.717) is 5.32 Å². The van der Waals surface area contributed by atoms with Crippen molar-refractivity contribution >= 4 is 22.0 Å². The number of esters is 1. The molecule has 0 unspecified atom stereocenters. The molecule has 0 aromatic carbocycles. The van der Waals surface area contributed by atoms with E-state index in [2.05, 4.69) is 27.3 Å². The van der Waals surface area contributed by atoms with Gasteiger partial charge in [0, 0.05) is 0 Å². The summed E-state index contributed by atoms with van der Waals surface area (Å²) < 4.78 is 4.65. The summed E-state index contributed by atoms with van der Waals surface area (Å²) in [5, 5.41) is 0.545. The number of nitrogens with two attached hydrogens (primary N) is 1. The minimum atomic E-state index is -0.514. The summed E-state index contributed by atoms with van der Waals surface area (Å²) in [6, 6.07) is -0.514. The molecule has 0 aliphatic heterocycles. The fraction of sp³-hybridized carbons (Fsp3) is 0.500. The summed E-state index contributed by atoms with van der Waals surface area (Å²) >= 11 is 2.24. The van der Waals surface area contributed by atoms with Gasteiger partial charge in [-0.3, -0.25) is 0 Å². The van der Waals surface area contributed by atoms with Crippen LogP contribution in [0, 0.1) is 0 Å². The van der Waals surface area contributed by atoms with E-state index in [-0.39, 0.29) is 12.6 Å². The molecule has 0 aliphatic rings. The van der Waals surface area contributed by atoms with Crippen molar-refractivity contribution in [1.82, 2.24) is 0 Å². The Kier molecular flexibility index (Phi) is 5.30. The molecule has 3 nitrogen and oxygen atoms in total. The zero-order chi connectivity index (χ0) is 7.98. The Bertz CT molecular complexity index is 127. The molecule has 0 rings (SSSR count). The van der Waals surface area contributed by atoms with Gasteiger partial charge in [-0.05, 0) is 0 Å². The molecule has 0 bridgehead atoms. The third-order valence-corrected chi connectivity index (χ3v) is 1.67. The minimum absolute atomic E-state index is 0.236. The van der Waals surface area contributed by atoms with E-state index in [1.54, 1.807) is 0 Å². The molecule has 0 fully saturated rings. The molecule has 0 spiro atoms. The van der Waals surface area contributed by atoms with Gasteiger partial charge in [0.15, 0.2) is 0 Å². The molecular weight excluding hydrogens is 197 g/mol. The quantitative estimate of drug-likeness (QED) is 0.380. The second-order valence-corrected chi connectivity index (χ2v) is 2.47. The SMILES string of the molecule is C=CCOC(=O)[C@@H](N)C[SeH]. The molecule has 0 aromatic rings. The van der Waals surface area contributed by atoms with Crippen LogP contribution in [-0.2, 0) is 9.53 Å². The van der Waals surface area contributed by atoms with Crippen LogP contribution >= 0.6 is 0 Å². The molecule has 0 saturated carbocycles. The Morgan fingerprint density at radius 3 is 2.90 bits per heavy atom. The van der Waals surface area contributed by atoms with Crippen molar-refractivity contribution in [3.63, 3.8) is 0 Å². The van der Waals surface area contributed by atoms with E-state index in [0.717, 1.165) is 0 Å². The van der Waals surface area contributed by atoms with Crippen molar-refractivity contribution in [3.05, 3.63) is 12.7 Å². The van der Waals surface area contributed by atoms with Gasteiger partial charge in [0.1, 0.15) is 0 Å². The van der Waals surface area contributed by atoms with E-state index in [1.165, 1.54) is 6.08 Å². The van der Waals surface area contributed by atoms with Gasteiger partial charge in [-0.15, -0.1) is 0 Å². The Balaban J connectivity index is 3.51. The molecule has 1 atom stereocenters. The first-order chi connectivity index (χ1) is 4.72. The van der Waals surface area contributed by atoms with Gasteiger partial charge in [0.2, 0.25) is 0 Å². The van der Waals surface area contributed by atoms with Gasteiger partial charge in [-0.2, -0.15) is 0 Å². The standard InChI is InChI=1S/C6H11NO2Se/c1-2-3-9-6(8)5(7)4-10/h2,5,10H,1,3-4,7H2/t5-/m0/s1. The van der Waals surface area contributed by atoms with Crippen LogP contribution in [0.15, 0.2) is 12.7 Å². The Morgan fingerprint density at radius 1 is 1.90 bits per heavy atom. The summed E-state index contributed by atoms with van der Waals surface area (Å²) in [5.74, 6) is -0.375. The van der Waals surface area contributed by atoms with Gasteiger partial charge in [0.25, 0.3) is 0 Å². The van der Waals surface area contributed by atoms with Crippen molar-refractivity contribution in [3.8, 4) is 0 Å². The fourth-order valence-electron chi connectivity index (χ4n) is 0.323. The summed E-state index contributed by atoms with van der Waals surface area (Å²) in [6.45, 7) is 3.63. The monoisotopic (exact) mass is 209 g/mol. The van der Waals surface area contributed by atoms with E-state index in [9.17, 15) is 4.79 Å². The fourth-order valence-corrected chi connectivity index (χ4v) is 0.635. The first kappa shape index (κ1) is 9.69. The van der Waals surface area contributed by atoms with Gasteiger partial charge in [0.05, 0.1) is 0 Å². The number of carbonyl (C=O) groups excluding carboxylic acids is 1. The second-order valence-electron chi connectivity index (χ2n) is 1.71. The van der Waals surface area contributed by atoms with Crippen LogP contribution in [0.5, 0.6) is 0 Å². The van der Waals surface area contributed by atoms with Gasteiger partial charge >= 0.3 is 67.9 Å². The molecular formula is C6H11NO2Se. The first-order valence-electron chi connectivity index (χ1n) is 2.86. The maximum atomic E-state index is 10.7. The maximum absolute atomic E-state index is 10.7. The second kappa shape index (κ2) is 5.47. The average Bonchev–Trinajstić information content (AvgIpc) is 1.98.